The van der Waals surface area contributed by atoms with Crippen molar-refractivity contribution in [3.63, 3.8) is 0 Å². The summed E-state index contributed by atoms with van der Waals surface area (Å²) in [4.78, 5) is 22.5. The van der Waals surface area contributed by atoms with Crippen LogP contribution in [0.3, 0.4) is 0 Å². The van der Waals surface area contributed by atoms with E-state index in [1.165, 1.54) is 12.2 Å². The standard InChI is InChI=1S/C14H14N2O3/c1-2-3-14(18)19-10-13(17)16-12-6-4-11(5-7-12)8-9-15/h2-7H,8,10H2,1H3,(H,16,17)/b3-2+. The van der Waals surface area contributed by atoms with Crippen LogP contribution in [0, 0.1) is 11.3 Å². The number of nitriles is 1. The van der Waals surface area contributed by atoms with E-state index in [-0.39, 0.29) is 6.61 Å². The average Bonchev–Trinajstić information content (AvgIpc) is 2.39. The van der Waals surface area contributed by atoms with E-state index in [4.69, 9.17) is 10.00 Å². The molecule has 1 aromatic carbocycles. The van der Waals surface area contributed by atoms with Gasteiger partial charge in [-0.3, -0.25) is 4.79 Å². The quantitative estimate of drug-likeness (QED) is 0.645. The zero-order valence-electron chi connectivity index (χ0n) is 10.6. The number of hydrogen-bond donors (Lipinski definition) is 1. The Bertz CT molecular complexity index is 512. The monoisotopic (exact) mass is 258 g/mol. The van der Waals surface area contributed by atoms with Crippen LogP contribution in [0.4, 0.5) is 5.69 Å². The van der Waals surface area contributed by atoms with Crippen molar-refractivity contribution in [3.8, 4) is 6.07 Å². The highest BCUT2D eigenvalue weighted by Crippen LogP contribution is 2.09. The van der Waals surface area contributed by atoms with Crippen LogP contribution in [0.5, 0.6) is 0 Å². The zero-order chi connectivity index (χ0) is 14.1. The molecule has 0 aliphatic carbocycles. The summed E-state index contributed by atoms with van der Waals surface area (Å²) in [6.07, 6.45) is 3.10. The van der Waals surface area contributed by atoms with Gasteiger partial charge in [0, 0.05) is 11.8 Å². The van der Waals surface area contributed by atoms with Crippen molar-refractivity contribution < 1.29 is 14.3 Å². The average molecular weight is 258 g/mol. The first kappa shape index (κ1) is 14.5. The molecule has 1 amide bonds. The molecule has 19 heavy (non-hydrogen) atoms. The second kappa shape index (κ2) is 7.67. The Hall–Kier alpha value is -2.61. The van der Waals surface area contributed by atoms with Gasteiger partial charge in [0.2, 0.25) is 0 Å². The number of anilines is 1. The van der Waals surface area contributed by atoms with Crippen molar-refractivity contribution in [1.82, 2.24) is 0 Å². The molecule has 0 unspecified atom stereocenters. The SMILES string of the molecule is C/C=C/C(=O)OCC(=O)Nc1ccc(CC#N)cc1. The van der Waals surface area contributed by atoms with Gasteiger partial charge in [-0.2, -0.15) is 5.26 Å². The van der Waals surface area contributed by atoms with E-state index in [0.29, 0.717) is 12.1 Å². The van der Waals surface area contributed by atoms with Crippen molar-refractivity contribution in [2.24, 2.45) is 0 Å². The fourth-order valence-electron chi connectivity index (χ4n) is 1.32. The van der Waals surface area contributed by atoms with E-state index in [2.05, 4.69) is 5.32 Å². The molecule has 0 atom stereocenters. The van der Waals surface area contributed by atoms with Gasteiger partial charge in [-0.25, -0.2) is 4.79 Å². The summed E-state index contributed by atoms with van der Waals surface area (Å²) in [5.74, 6) is -0.965. The van der Waals surface area contributed by atoms with Crippen LogP contribution in [0.25, 0.3) is 0 Å². The summed E-state index contributed by atoms with van der Waals surface area (Å²) in [7, 11) is 0. The van der Waals surface area contributed by atoms with E-state index >= 15 is 0 Å². The van der Waals surface area contributed by atoms with Gasteiger partial charge in [0.25, 0.3) is 5.91 Å². The maximum atomic E-state index is 11.5. The summed E-state index contributed by atoms with van der Waals surface area (Å²) in [6.45, 7) is 1.35. The second-order valence-electron chi connectivity index (χ2n) is 3.69. The van der Waals surface area contributed by atoms with Gasteiger partial charge in [0.05, 0.1) is 12.5 Å². The molecule has 0 bridgehead atoms. The van der Waals surface area contributed by atoms with E-state index in [1.54, 1.807) is 31.2 Å². The summed E-state index contributed by atoms with van der Waals surface area (Å²) in [6, 6.07) is 8.93. The predicted molar refractivity (Wildman–Crippen MR) is 70.2 cm³/mol. The molecule has 0 fully saturated rings. The molecule has 0 aromatic heterocycles. The lowest BCUT2D eigenvalue weighted by Gasteiger charge is -2.05. The maximum absolute atomic E-state index is 11.5. The van der Waals surface area contributed by atoms with E-state index in [1.807, 2.05) is 6.07 Å². The van der Waals surface area contributed by atoms with Crippen LogP contribution >= 0.6 is 0 Å². The Labute approximate surface area is 111 Å². The number of benzene rings is 1. The van der Waals surface area contributed by atoms with Crippen molar-refractivity contribution in [2.75, 3.05) is 11.9 Å². The van der Waals surface area contributed by atoms with Crippen LogP contribution < -0.4 is 5.32 Å². The third-order valence-electron chi connectivity index (χ3n) is 2.17. The first-order valence-electron chi connectivity index (χ1n) is 5.71. The molecule has 5 heteroatoms. The maximum Gasteiger partial charge on any atom is 0.330 e. The Morgan fingerprint density at radius 3 is 2.63 bits per heavy atom. The molecule has 5 nitrogen and oxygen atoms in total. The highest BCUT2D eigenvalue weighted by molar-refractivity contribution is 5.93. The fraction of sp³-hybridized carbons (Fsp3) is 0.214. The number of amides is 1. The lowest BCUT2D eigenvalue weighted by molar-refractivity contribution is -0.142. The molecular weight excluding hydrogens is 244 g/mol. The molecule has 1 rings (SSSR count). The molecule has 0 heterocycles. The number of carbonyl (C=O) groups excluding carboxylic acids is 2. The third-order valence-corrected chi connectivity index (χ3v) is 2.17. The van der Waals surface area contributed by atoms with E-state index in [0.717, 1.165) is 5.56 Å². The summed E-state index contributed by atoms with van der Waals surface area (Å²) >= 11 is 0. The molecule has 0 saturated heterocycles. The van der Waals surface area contributed by atoms with E-state index in [9.17, 15) is 9.59 Å². The second-order valence-corrected chi connectivity index (χ2v) is 3.69. The minimum absolute atomic E-state index is 0.329. The van der Waals surface area contributed by atoms with Crippen molar-refractivity contribution in [1.29, 1.82) is 5.26 Å². The molecule has 0 saturated carbocycles. The zero-order valence-corrected chi connectivity index (χ0v) is 10.6. The summed E-state index contributed by atoms with van der Waals surface area (Å²) < 4.78 is 4.70. The van der Waals surface area contributed by atoms with Crippen molar-refractivity contribution in [2.45, 2.75) is 13.3 Å². The topological polar surface area (TPSA) is 79.2 Å². The Morgan fingerprint density at radius 1 is 1.37 bits per heavy atom. The Balaban J connectivity index is 2.44. The van der Waals surface area contributed by atoms with Gasteiger partial charge in [-0.15, -0.1) is 0 Å². The summed E-state index contributed by atoms with van der Waals surface area (Å²) in [5.41, 5.74) is 1.47. The molecular formula is C14H14N2O3. The molecule has 0 aliphatic rings. The molecule has 1 N–H and O–H groups in total. The molecule has 0 aliphatic heterocycles. The van der Waals surface area contributed by atoms with Crippen LogP contribution in [0.2, 0.25) is 0 Å². The third kappa shape index (κ3) is 5.50. The first-order valence-corrected chi connectivity index (χ1v) is 5.71. The molecule has 1 aromatic rings. The van der Waals surface area contributed by atoms with Gasteiger partial charge in [-0.1, -0.05) is 18.2 Å². The van der Waals surface area contributed by atoms with Crippen LogP contribution in [-0.4, -0.2) is 18.5 Å². The highest BCUT2D eigenvalue weighted by atomic mass is 16.5. The minimum atomic E-state index is -0.554. The van der Waals surface area contributed by atoms with Gasteiger partial charge < -0.3 is 10.1 Å². The van der Waals surface area contributed by atoms with E-state index < -0.39 is 11.9 Å². The smallest absolute Gasteiger partial charge is 0.330 e. The van der Waals surface area contributed by atoms with Gasteiger partial charge in [0.15, 0.2) is 6.61 Å². The number of esters is 1. The number of rotatable bonds is 5. The van der Waals surface area contributed by atoms with Crippen LogP contribution in [0.1, 0.15) is 12.5 Å². The Kier molecular flexibility index (Phi) is 5.83. The lowest BCUT2D eigenvalue weighted by atomic mass is 10.1. The predicted octanol–water partition coefficient (Wildman–Crippen LogP) is 1.81. The van der Waals surface area contributed by atoms with Gasteiger partial charge in [0.1, 0.15) is 0 Å². The normalized spacial score (nSPS) is 9.89. The van der Waals surface area contributed by atoms with Crippen LogP contribution in [0.15, 0.2) is 36.4 Å². The highest BCUT2D eigenvalue weighted by Gasteiger charge is 2.05. The van der Waals surface area contributed by atoms with Crippen molar-refractivity contribution >= 4 is 17.6 Å². The number of carbonyl (C=O) groups is 2. The molecule has 0 radical (unpaired) electrons. The minimum Gasteiger partial charge on any atom is -0.452 e. The number of allylic oxidation sites excluding steroid dienone is 1. The van der Waals surface area contributed by atoms with Crippen molar-refractivity contribution in [3.05, 3.63) is 42.0 Å². The van der Waals surface area contributed by atoms with Crippen LogP contribution in [-0.2, 0) is 20.7 Å². The fourth-order valence-corrected chi connectivity index (χ4v) is 1.32. The molecule has 98 valence electrons. The summed E-state index contributed by atoms with van der Waals surface area (Å²) in [5, 5.41) is 11.1. The van der Waals surface area contributed by atoms with Gasteiger partial charge in [-0.05, 0) is 24.6 Å². The Morgan fingerprint density at radius 2 is 2.05 bits per heavy atom. The van der Waals surface area contributed by atoms with Gasteiger partial charge >= 0.3 is 5.97 Å². The first-order chi connectivity index (χ1) is 9.15. The molecule has 0 spiro atoms. The number of nitrogens with one attached hydrogen (secondary N) is 1. The number of ether oxygens (including phenoxy) is 1. The largest absolute Gasteiger partial charge is 0.452 e. The number of hydrogen-bond acceptors (Lipinski definition) is 4. The lowest BCUT2D eigenvalue weighted by Crippen LogP contribution is -2.20. The number of nitrogens with zero attached hydrogens (tertiary/aromatic N) is 1.